The Kier molecular flexibility index (Phi) is 7.09. The molecule has 152 valence electrons. The molecule has 2 amide bonds. The van der Waals surface area contributed by atoms with Gasteiger partial charge >= 0.3 is 0 Å². The average molecular weight is 495 g/mol. The Bertz CT molecular complexity index is 958. The van der Waals surface area contributed by atoms with Crippen LogP contribution >= 0.6 is 39.0 Å². The van der Waals surface area contributed by atoms with Crippen molar-refractivity contribution in [2.24, 2.45) is 5.10 Å². The minimum Gasteiger partial charge on any atom is -0.494 e. The first kappa shape index (κ1) is 21.5. The second kappa shape index (κ2) is 9.55. The van der Waals surface area contributed by atoms with Gasteiger partial charge in [-0.25, -0.2) is 0 Å². The van der Waals surface area contributed by atoms with Gasteiger partial charge in [-0.15, -0.1) is 11.3 Å². The standard InChI is InChI=1S/C19H19BrN4O3S2/c1-3-27-13-6-4-5-12(9-13)22-18(26)15-10-17(25)24(19(21)29-15)23-11(2)14-7-8-16(20)28-14/h4-9,15,21H,3,10H2,1-2H3,(H,22,26). The summed E-state index contributed by atoms with van der Waals surface area (Å²) in [5.74, 6) is -0.0576. The molecule has 3 rings (SSSR count). The Morgan fingerprint density at radius 1 is 1.41 bits per heavy atom. The maximum absolute atomic E-state index is 12.6. The number of amidine groups is 1. The van der Waals surface area contributed by atoms with Crippen molar-refractivity contribution in [3.63, 3.8) is 0 Å². The van der Waals surface area contributed by atoms with Crippen LogP contribution in [0.15, 0.2) is 45.3 Å². The normalized spacial score (nSPS) is 17.4. The van der Waals surface area contributed by atoms with E-state index in [-0.39, 0.29) is 23.4 Å². The average Bonchev–Trinajstić information content (AvgIpc) is 3.11. The fourth-order valence-corrected chi connectivity index (χ4v) is 4.82. The van der Waals surface area contributed by atoms with Crippen LogP contribution in [0.25, 0.3) is 0 Å². The second-order valence-electron chi connectivity index (χ2n) is 6.06. The van der Waals surface area contributed by atoms with Crippen molar-refractivity contribution >= 4 is 67.4 Å². The predicted molar refractivity (Wildman–Crippen MR) is 121 cm³/mol. The molecule has 1 unspecified atom stereocenters. The van der Waals surface area contributed by atoms with Gasteiger partial charge < -0.3 is 10.1 Å². The number of hydrazone groups is 1. The molecule has 1 aliphatic rings. The summed E-state index contributed by atoms with van der Waals surface area (Å²) in [4.78, 5) is 26.0. The van der Waals surface area contributed by atoms with Gasteiger partial charge in [0.1, 0.15) is 11.0 Å². The third-order valence-corrected chi connectivity index (χ3v) is 6.72. The number of halogens is 1. The molecule has 1 atom stereocenters. The third kappa shape index (κ3) is 5.46. The van der Waals surface area contributed by atoms with E-state index in [1.54, 1.807) is 31.2 Å². The number of anilines is 1. The number of thiophene rings is 1. The summed E-state index contributed by atoms with van der Waals surface area (Å²) < 4.78 is 6.39. The molecule has 2 aromatic rings. The van der Waals surface area contributed by atoms with Crippen molar-refractivity contribution in [1.29, 1.82) is 5.41 Å². The molecule has 1 aromatic carbocycles. The molecular formula is C19H19BrN4O3S2. The van der Waals surface area contributed by atoms with Crippen molar-refractivity contribution < 1.29 is 14.3 Å². The van der Waals surface area contributed by atoms with Gasteiger partial charge in [-0.2, -0.15) is 10.1 Å². The van der Waals surface area contributed by atoms with Gasteiger partial charge in [-0.1, -0.05) is 17.8 Å². The molecule has 2 N–H and O–H groups in total. The lowest BCUT2D eigenvalue weighted by atomic mass is 10.2. The first-order valence-corrected chi connectivity index (χ1v) is 11.3. The fourth-order valence-electron chi connectivity index (χ4n) is 2.59. The van der Waals surface area contributed by atoms with Crippen molar-refractivity contribution in [3.05, 3.63) is 45.1 Å². The molecule has 0 aliphatic carbocycles. The van der Waals surface area contributed by atoms with E-state index in [0.717, 1.165) is 25.4 Å². The number of nitrogens with zero attached hydrogens (tertiary/aromatic N) is 2. The van der Waals surface area contributed by atoms with Crippen molar-refractivity contribution in [1.82, 2.24) is 5.01 Å². The van der Waals surface area contributed by atoms with Crippen molar-refractivity contribution in [3.8, 4) is 5.75 Å². The van der Waals surface area contributed by atoms with Gasteiger partial charge in [-0.3, -0.25) is 15.0 Å². The van der Waals surface area contributed by atoms with E-state index >= 15 is 0 Å². The molecule has 1 aromatic heterocycles. The largest absolute Gasteiger partial charge is 0.494 e. The van der Waals surface area contributed by atoms with E-state index in [9.17, 15) is 9.59 Å². The SMILES string of the molecule is CCOc1cccc(NC(=O)C2CC(=O)N(N=C(C)c3ccc(Br)s3)C(=N)S2)c1. The molecule has 1 saturated heterocycles. The minimum atomic E-state index is -0.687. The number of rotatable bonds is 6. The van der Waals surface area contributed by atoms with Crippen molar-refractivity contribution in [2.45, 2.75) is 25.5 Å². The zero-order valence-electron chi connectivity index (χ0n) is 15.8. The van der Waals surface area contributed by atoms with E-state index in [1.807, 2.05) is 19.1 Å². The van der Waals surface area contributed by atoms with E-state index in [1.165, 1.54) is 11.3 Å². The molecule has 2 heterocycles. The Hall–Kier alpha value is -2.17. The zero-order valence-corrected chi connectivity index (χ0v) is 19.0. The number of carbonyl (C=O) groups excluding carboxylic acids is 2. The van der Waals surface area contributed by atoms with Gasteiger partial charge in [0.15, 0.2) is 5.17 Å². The van der Waals surface area contributed by atoms with Crippen LogP contribution in [-0.4, -0.2) is 39.6 Å². The third-order valence-electron chi connectivity index (χ3n) is 3.93. The summed E-state index contributed by atoms with van der Waals surface area (Å²) >= 11 is 5.91. The van der Waals surface area contributed by atoms with Crippen LogP contribution < -0.4 is 10.1 Å². The molecular weight excluding hydrogens is 476 g/mol. The molecule has 29 heavy (non-hydrogen) atoms. The maximum atomic E-state index is 12.6. The quantitative estimate of drug-likeness (QED) is 0.576. The number of amides is 2. The Labute approximate surface area is 185 Å². The summed E-state index contributed by atoms with van der Waals surface area (Å²) in [5.41, 5.74) is 1.22. The van der Waals surface area contributed by atoms with Gasteiger partial charge in [0.2, 0.25) is 5.91 Å². The molecule has 0 bridgehead atoms. The number of hydrogen-bond acceptors (Lipinski definition) is 7. The molecule has 1 fully saturated rings. The Morgan fingerprint density at radius 3 is 2.86 bits per heavy atom. The van der Waals surface area contributed by atoms with E-state index < -0.39 is 5.25 Å². The van der Waals surface area contributed by atoms with Gasteiger partial charge in [0, 0.05) is 11.8 Å². The van der Waals surface area contributed by atoms with Crippen LogP contribution in [0.2, 0.25) is 0 Å². The number of ether oxygens (including phenoxy) is 1. The van der Waals surface area contributed by atoms with E-state index in [0.29, 0.717) is 23.8 Å². The molecule has 0 spiro atoms. The highest BCUT2D eigenvalue weighted by Gasteiger charge is 2.35. The minimum absolute atomic E-state index is 0.0328. The van der Waals surface area contributed by atoms with Gasteiger partial charge in [0.05, 0.1) is 27.4 Å². The lowest BCUT2D eigenvalue weighted by Gasteiger charge is -2.27. The van der Waals surface area contributed by atoms with Crippen LogP contribution in [-0.2, 0) is 9.59 Å². The molecule has 7 nitrogen and oxygen atoms in total. The monoisotopic (exact) mass is 494 g/mol. The van der Waals surface area contributed by atoms with Crippen LogP contribution in [0.4, 0.5) is 5.69 Å². The zero-order chi connectivity index (χ0) is 21.0. The first-order valence-electron chi connectivity index (χ1n) is 8.80. The lowest BCUT2D eigenvalue weighted by Crippen LogP contribution is -2.42. The van der Waals surface area contributed by atoms with Gasteiger partial charge in [0.25, 0.3) is 5.91 Å². The highest BCUT2D eigenvalue weighted by atomic mass is 79.9. The number of benzene rings is 1. The first-order chi connectivity index (χ1) is 13.9. The molecule has 10 heteroatoms. The Morgan fingerprint density at radius 2 is 2.21 bits per heavy atom. The molecule has 0 radical (unpaired) electrons. The summed E-state index contributed by atoms with van der Waals surface area (Å²) in [6.45, 7) is 4.20. The molecule has 1 aliphatic heterocycles. The topological polar surface area (TPSA) is 94.8 Å². The number of hydrogen-bond donors (Lipinski definition) is 2. The highest BCUT2D eigenvalue weighted by Crippen LogP contribution is 2.29. The lowest BCUT2D eigenvalue weighted by molar-refractivity contribution is -0.129. The second-order valence-corrected chi connectivity index (χ2v) is 9.72. The van der Waals surface area contributed by atoms with Gasteiger partial charge in [-0.05, 0) is 54.0 Å². The smallest absolute Gasteiger partial charge is 0.250 e. The number of nitrogens with one attached hydrogen (secondary N) is 2. The number of carbonyl (C=O) groups is 2. The summed E-state index contributed by atoms with van der Waals surface area (Å²) in [5, 5.41) is 15.6. The predicted octanol–water partition coefficient (Wildman–Crippen LogP) is 4.54. The summed E-state index contributed by atoms with van der Waals surface area (Å²) in [6.07, 6.45) is -0.0328. The molecule has 0 saturated carbocycles. The maximum Gasteiger partial charge on any atom is 0.250 e. The van der Waals surface area contributed by atoms with E-state index in [4.69, 9.17) is 10.1 Å². The fraction of sp³-hybridized carbons (Fsp3) is 0.263. The highest BCUT2D eigenvalue weighted by molar-refractivity contribution is 9.11. The van der Waals surface area contributed by atoms with Crippen molar-refractivity contribution in [2.75, 3.05) is 11.9 Å². The van der Waals surface area contributed by atoms with Crippen LogP contribution in [0.5, 0.6) is 5.75 Å². The summed E-state index contributed by atoms with van der Waals surface area (Å²) in [7, 11) is 0. The summed E-state index contributed by atoms with van der Waals surface area (Å²) in [6, 6.07) is 10.9. The van der Waals surface area contributed by atoms with Crippen LogP contribution in [0, 0.1) is 5.41 Å². The number of thioether (sulfide) groups is 1. The van der Waals surface area contributed by atoms with E-state index in [2.05, 4.69) is 26.3 Å². The van der Waals surface area contributed by atoms with Crippen LogP contribution in [0.1, 0.15) is 25.1 Å². The Balaban J connectivity index is 1.66. The van der Waals surface area contributed by atoms with Crippen LogP contribution in [0.3, 0.4) is 0 Å².